The molecule has 0 aliphatic carbocycles. The van der Waals surface area contributed by atoms with Crippen LogP contribution in [0, 0.1) is 0 Å². The molecule has 13 heavy (non-hydrogen) atoms. The van der Waals surface area contributed by atoms with Crippen LogP contribution in [0.3, 0.4) is 0 Å². The van der Waals surface area contributed by atoms with Gasteiger partial charge in [-0.2, -0.15) is 0 Å². The number of hydrogen-bond acceptors (Lipinski definition) is 3. The van der Waals surface area contributed by atoms with Crippen LogP contribution in [-0.4, -0.2) is 14.5 Å². The number of nitrogens with zero attached hydrogens (tertiary/aromatic N) is 2. The lowest BCUT2D eigenvalue weighted by Gasteiger charge is -1.96. The molecular weight excluding hydrogens is 168 g/mol. The van der Waals surface area contributed by atoms with Crippen LogP contribution < -0.4 is 11.4 Å². The van der Waals surface area contributed by atoms with Gasteiger partial charge in [0.25, 0.3) is 0 Å². The van der Waals surface area contributed by atoms with E-state index in [9.17, 15) is 4.79 Å². The van der Waals surface area contributed by atoms with Crippen molar-refractivity contribution in [1.82, 2.24) is 14.5 Å². The molecule has 66 valence electrons. The lowest BCUT2D eigenvalue weighted by molar-refractivity contribution is 0.940. The van der Waals surface area contributed by atoms with E-state index in [1.54, 1.807) is 24.4 Å². The molecular formula is C8H8N4O. The molecule has 0 aliphatic rings. The third-order valence-electron chi connectivity index (χ3n) is 1.63. The van der Waals surface area contributed by atoms with Gasteiger partial charge in [0.05, 0.1) is 6.20 Å². The predicted molar refractivity (Wildman–Crippen MR) is 48.6 cm³/mol. The van der Waals surface area contributed by atoms with Crippen molar-refractivity contribution in [3.05, 3.63) is 41.1 Å². The zero-order chi connectivity index (χ0) is 9.26. The summed E-state index contributed by atoms with van der Waals surface area (Å²) in [6.45, 7) is 0. The predicted octanol–water partition coefficient (Wildman–Crippen LogP) is 0.143. The molecule has 2 aromatic heterocycles. The van der Waals surface area contributed by atoms with E-state index in [0.717, 1.165) is 0 Å². The molecule has 2 heterocycles. The lowest BCUT2D eigenvalue weighted by atomic mass is 10.4. The van der Waals surface area contributed by atoms with E-state index >= 15 is 0 Å². The monoisotopic (exact) mass is 176 g/mol. The number of pyridine rings is 1. The number of hydrogen-bond donors (Lipinski definition) is 2. The lowest BCUT2D eigenvalue weighted by Crippen LogP contribution is -2.14. The van der Waals surface area contributed by atoms with Crippen molar-refractivity contribution in [3.63, 3.8) is 0 Å². The van der Waals surface area contributed by atoms with Gasteiger partial charge in [-0.3, -0.25) is 4.98 Å². The van der Waals surface area contributed by atoms with Gasteiger partial charge in [0.15, 0.2) is 0 Å². The van der Waals surface area contributed by atoms with Crippen molar-refractivity contribution in [2.45, 2.75) is 0 Å². The van der Waals surface area contributed by atoms with E-state index in [1.807, 2.05) is 0 Å². The van der Waals surface area contributed by atoms with Gasteiger partial charge in [-0.05, 0) is 12.1 Å². The van der Waals surface area contributed by atoms with Crippen LogP contribution in [0.2, 0.25) is 0 Å². The number of imidazole rings is 1. The Labute approximate surface area is 73.8 Å². The van der Waals surface area contributed by atoms with Crippen molar-refractivity contribution >= 4 is 5.82 Å². The maximum absolute atomic E-state index is 11.2. The number of anilines is 1. The van der Waals surface area contributed by atoms with Gasteiger partial charge in [0.1, 0.15) is 11.6 Å². The number of nitrogen functional groups attached to an aromatic ring is 1. The number of aromatic nitrogens is 3. The minimum atomic E-state index is -0.281. The minimum Gasteiger partial charge on any atom is -0.384 e. The fraction of sp³-hybridized carbons (Fsp3) is 0. The molecule has 0 saturated carbocycles. The number of aromatic amines is 1. The van der Waals surface area contributed by atoms with Crippen molar-refractivity contribution in [3.8, 4) is 5.82 Å². The zero-order valence-electron chi connectivity index (χ0n) is 6.77. The highest BCUT2D eigenvalue weighted by molar-refractivity contribution is 5.30. The van der Waals surface area contributed by atoms with E-state index in [-0.39, 0.29) is 5.69 Å². The van der Waals surface area contributed by atoms with Gasteiger partial charge in [0.2, 0.25) is 0 Å². The first-order chi connectivity index (χ1) is 6.27. The van der Waals surface area contributed by atoms with E-state index in [1.165, 1.54) is 10.8 Å². The molecule has 0 amide bonds. The molecule has 0 unspecified atom stereocenters. The summed E-state index contributed by atoms with van der Waals surface area (Å²) in [7, 11) is 0. The molecule has 0 aromatic carbocycles. The Morgan fingerprint density at radius 3 is 2.85 bits per heavy atom. The molecule has 0 saturated heterocycles. The van der Waals surface area contributed by atoms with Crippen LogP contribution in [0.1, 0.15) is 0 Å². The molecule has 0 radical (unpaired) electrons. The third-order valence-corrected chi connectivity index (χ3v) is 1.63. The van der Waals surface area contributed by atoms with Gasteiger partial charge < -0.3 is 5.73 Å². The van der Waals surface area contributed by atoms with E-state index < -0.39 is 0 Å². The summed E-state index contributed by atoms with van der Waals surface area (Å²) in [6, 6.07) is 5.32. The largest absolute Gasteiger partial charge is 0.384 e. The number of nitrogens with two attached hydrogens (primary N) is 1. The molecule has 0 fully saturated rings. The summed E-state index contributed by atoms with van der Waals surface area (Å²) >= 11 is 0. The Kier molecular flexibility index (Phi) is 1.63. The van der Waals surface area contributed by atoms with Gasteiger partial charge in [-0.1, -0.05) is 6.07 Å². The number of nitrogens with one attached hydrogen (secondary N) is 1. The maximum Gasteiger partial charge on any atom is 0.332 e. The molecule has 2 rings (SSSR count). The van der Waals surface area contributed by atoms with E-state index in [4.69, 9.17) is 5.73 Å². The van der Waals surface area contributed by atoms with Crippen LogP contribution >= 0.6 is 0 Å². The average Bonchev–Trinajstić information content (AvgIpc) is 2.47. The topological polar surface area (TPSA) is 76.7 Å². The Morgan fingerprint density at radius 1 is 1.46 bits per heavy atom. The van der Waals surface area contributed by atoms with Crippen molar-refractivity contribution in [1.29, 1.82) is 0 Å². The summed E-state index contributed by atoms with van der Waals surface area (Å²) in [5.74, 6) is 0.885. The van der Waals surface area contributed by atoms with Crippen molar-refractivity contribution in [2.24, 2.45) is 0 Å². The smallest absolute Gasteiger partial charge is 0.332 e. The highest BCUT2D eigenvalue weighted by atomic mass is 16.1. The van der Waals surface area contributed by atoms with Gasteiger partial charge in [0, 0.05) is 6.20 Å². The molecule has 0 atom stereocenters. The van der Waals surface area contributed by atoms with Crippen LogP contribution in [0.15, 0.2) is 35.4 Å². The summed E-state index contributed by atoms with van der Waals surface area (Å²) in [4.78, 5) is 17.7. The van der Waals surface area contributed by atoms with Crippen molar-refractivity contribution < 1.29 is 0 Å². The van der Waals surface area contributed by atoms with Gasteiger partial charge >= 0.3 is 5.69 Å². The van der Waals surface area contributed by atoms with Crippen LogP contribution in [0.5, 0.6) is 0 Å². The minimum absolute atomic E-state index is 0.281. The quantitative estimate of drug-likeness (QED) is 0.649. The number of rotatable bonds is 1. The first kappa shape index (κ1) is 7.60. The second-order valence-corrected chi connectivity index (χ2v) is 2.57. The molecule has 2 aromatic rings. The fourth-order valence-corrected chi connectivity index (χ4v) is 1.08. The molecule has 0 bridgehead atoms. The Morgan fingerprint density at radius 2 is 2.31 bits per heavy atom. The Bertz CT molecular complexity index is 456. The summed E-state index contributed by atoms with van der Waals surface area (Å²) in [5.41, 5.74) is 5.13. The van der Waals surface area contributed by atoms with Gasteiger partial charge in [-0.25, -0.2) is 14.3 Å². The van der Waals surface area contributed by atoms with Crippen LogP contribution in [-0.2, 0) is 0 Å². The SMILES string of the molecule is Nc1cn(-c2ccccn2)c(=O)[nH]1. The fourth-order valence-electron chi connectivity index (χ4n) is 1.08. The molecule has 0 aliphatic heterocycles. The first-order valence-electron chi connectivity index (χ1n) is 3.76. The second-order valence-electron chi connectivity index (χ2n) is 2.57. The maximum atomic E-state index is 11.2. The zero-order valence-corrected chi connectivity index (χ0v) is 6.77. The highest BCUT2D eigenvalue weighted by Gasteiger charge is 2.01. The molecule has 5 heteroatoms. The molecule has 3 N–H and O–H groups in total. The number of H-pyrrole nitrogens is 1. The standard InChI is InChI=1S/C8H8N4O/c9-6-5-12(8(13)11-6)7-3-1-2-4-10-7/h1-5H,9H2,(H,11,13). The van der Waals surface area contributed by atoms with Gasteiger partial charge in [-0.15, -0.1) is 0 Å². The third kappa shape index (κ3) is 1.31. The second kappa shape index (κ2) is 2.78. The van der Waals surface area contributed by atoms with E-state index in [2.05, 4.69) is 9.97 Å². The summed E-state index contributed by atoms with van der Waals surface area (Å²) in [6.07, 6.45) is 3.12. The van der Waals surface area contributed by atoms with Crippen LogP contribution in [0.25, 0.3) is 5.82 Å². The van der Waals surface area contributed by atoms with Crippen molar-refractivity contribution in [2.75, 3.05) is 5.73 Å². The molecule has 0 spiro atoms. The van der Waals surface area contributed by atoms with Crippen LogP contribution in [0.4, 0.5) is 5.82 Å². The molecule has 5 nitrogen and oxygen atoms in total. The normalized spacial score (nSPS) is 10.2. The first-order valence-corrected chi connectivity index (χ1v) is 3.76. The highest BCUT2D eigenvalue weighted by Crippen LogP contribution is 2.00. The Balaban J connectivity index is 2.59. The Hall–Kier alpha value is -2.04. The average molecular weight is 176 g/mol. The summed E-state index contributed by atoms with van der Waals surface area (Å²) < 4.78 is 1.36. The summed E-state index contributed by atoms with van der Waals surface area (Å²) in [5, 5.41) is 0. The van der Waals surface area contributed by atoms with E-state index in [0.29, 0.717) is 11.6 Å².